The molecule has 0 saturated heterocycles. The zero-order chi connectivity index (χ0) is 30.4. The Kier molecular flexibility index (Phi) is 23.1. The molecule has 0 amide bonds. The van der Waals surface area contributed by atoms with Gasteiger partial charge in [-0.2, -0.15) is 0 Å². The van der Waals surface area contributed by atoms with Crippen molar-refractivity contribution >= 4 is 0 Å². The van der Waals surface area contributed by atoms with Gasteiger partial charge < -0.3 is 0 Å². The van der Waals surface area contributed by atoms with Crippen LogP contribution in [0.15, 0.2) is 36.5 Å². The predicted octanol–water partition coefficient (Wildman–Crippen LogP) is 11.0. The van der Waals surface area contributed by atoms with E-state index in [4.69, 9.17) is 0 Å². The van der Waals surface area contributed by atoms with Gasteiger partial charge in [-0.25, -0.2) is 0 Å². The fraction of sp³-hybridized carbons (Fsp3) is 0.583. The van der Waals surface area contributed by atoms with E-state index in [0.29, 0.717) is 0 Å². The van der Waals surface area contributed by atoms with Gasteiger partial charge in [-0.15, -0.1) is 0 Å². The summed E-state index contributed by atoms with van der Waals surface area (Å²) in [5, 5.41) is 0. The third-order valence-electron chi connectivity index (χ3n) is 5.84. The zero-order valence-electron chi connectivity index (χ0n) is 28.1. The highest BCUT2D eigenvalue weighted by Gasteiger charge is 2.24. The molecule has 3 heterocycles. The number of aryl methyl sites for hydroxylation is 7. The molecule has 1 aliphatic carbocycles. The zero-order valence-corrected chi connectivity index (χ0v) is 28.1. The SMILES string of the molecule is CC.CC.CC.CCCc1cc(C)cc(C)n1.CCCc1nccc(C)c1C.Cc1cc(C)nc(C2CC2)c1. The van der Waals surface area contributed by atoms with Gasteiger partial charge in [0.05, 0.1) is 0 Å². The minimum atomic E-state index is 0.786. The molecule has 0 aromatic carbocycles. The first-order valence-electron chi connectivity index (χ1n) is 15.5. The van der Waals surface area contributed by atoms with Gasteiger partial charge in [0.25, 0.3) is 0 Å². The molecule has 220 valence electrons. The van der Waals surface area contributed by atoms with Crippen molar-refractivity contribution in [1.82, 2.24) is 15.0 Å². The number of pyridine rings is 3. The van der Waals surface area contributed by atoms with Crippen molar-refractivity contribution < 1.29 is 0 Å². The van der Waals surface area contributed by atoms with E-state index in [9.17, 15) is 0 Å². The van der Waals surface area contributed by atoms with Crippen LogP contribution in [0.4, 0.5) is 0 Å². The van der Waals surface area contributed by atoms with Gasteiger partial charge in [0.15, 0.2) is 0 Å². The molecule has 0 unspecified atom stereocenters. The third kappa shape index (κ3) is 16.9. The van der Waals surface area contributed by atoms with Gasteiger partial charge in [0, 0.05) is 40.6 Å². The molecule has 1 saturated carbocycles. The Balaban J connectivity index is 0. The smallest absolute Gasteiger partial charge is 0.0440 e. The van der Waals surface area contributed by atoms with Gasteiger partial charge >= 0.3 is 0 Å². The highest BCUT2D eigenvalue weighted by molar-refractivity contribution is 5.27. The van der Waals surface area contributed by atoms with Crippen molar-refractivity contribution in [2.45, 2.75) is 141 Å². The van der Waals surface area contributed by atoms with E-state index in [1.807, 2.05) is 54.7 Å². The predicted molar refractivity (Wildman–Crippen MR) is 175 cm³/mol. The van der Waals surface area contributed by atoms with E-state index in [-0.39, 0.29) is 0 Å². The molecule has 1 aliphatic rings. The summed E-state index contributed by atoms with van der Waals surface area (Å²) in [5.74, 6) is 0.786. The largest absolute Gasteiger partial charge is 0.261 e. The quantitative estimate of drug-likeness (QED) is 0.326. The van der Waals surface area contributed by atoms with Crippen molar-refractivity contribution in [2.24, 2.45) is 0 Å². The van der Waals surface area contributed by atoms with Crippen LogP contribution in [0.3, 0.4) is 0 Å². The van der Waals surface area contributed by atoms with E-state index in [1.54, 1.807) is 0 Å². The molecule has 0 spiro atoms. The topological polar surface area (TPSA) is 38.7 Å². The lowest BCUT2D eigenvalue weighted by atomic mass is 10.1. The first-order chi connectivity index (χ1) is 18.7. The number of hydrogen-bond acceptors (Lipinski definition) is 3. The molecule has 3 aromatic rings. The van der Waals surface area contributed by atoms with Crippen LogP contribution in [0.5, 0.6) is 0 Å². The van der Waals surface area contributed by atoms with Crippen LogP contribution in [0.25, 0.3) is 0 Å². The Morgan fingerprint density at radius 1 is 0.667 bits per heavy atom. The molecule has 0 aliphatic heterocycles. The Labute approximate surface area is 243 Å². The highest BCUT2D eigenvalue weighted by atomic mass is 14.7. The fourth-order valence-corrected chi connectivity index (χ4v) is 3.95. The van der Waals surface area contributed by atoms with Crippen LogP contribution in [0, 0.1) is 41.5 Å². The average Bonchev–Trinajstić information content (AvgIpc) is 3.76. The van der Waals surface area contributed by atoms with E-state index in [0.717, 1.165) is 30.1 Å². The molecule has 3 heteroatoms. The fourth-order valence-electron chi connectivity index (χ4n) is 3.95. The lowest BCUT2D eigenvalue weighted by Gasteiger charge is -2.04. The number of aromatic nitrogens is 3. The van der Waals surface area contributed by atoms with Crippen molar-refractivity contribution in [2.75, 3.05) is 0 Å². The molecule has 0 atom stereocenters. The van der Waals surface area contributed by atoms with Gasteiger partial charge in [0.2, 0.25) is 0 Å². The molecule has 4 rings (SSSR count). The molecule has 3 nitrogen and oxygen atoms in total. The average molecular weight is 536 g/mol. The molecular weight excluding hydrogens is 474 g/mol. The van der Waals surface area contributed by atoms with Crippen molar-refractivity contribution in [3.63, 3.8) is 0 Å². The molecule has 0 N–H and O–H groups in total. The third-order valence-corrected chi connectivity index (χ3v) is 5.84. The standard InChI is InChI=1S/C10H13N.2C10H15N.3C2H6/c1-7-5-8(2)11-10(6-7)9-3-4-9;1-4-5-10-7-8(2)6-9(3)11-10;1-4-5-10-9(3)8(2)6-7-11-10;3*1-2/h5-6,9H,3-4H2,1-2H3;2*6-7H,4-5H2,1-3H3;3*1-2H3. The first-order valence-corrected chi connectivity index (χ1v) is 15.5. The summed E-state index contributed by atoms with van der Waals surface area (Å²) in [7, 11) is 0. The number of rotatable bonds is 5. The van der Waals surface area contributed by atoms with Gasteiger partial charge in [0.1, 0.15) is 0 Å². The van der Waals surface area contributed by atoms with Crippen LogP contribution in [0.2, 0.25) is 0 Å². The van der Waals surface area contributed by atoms with Gasteiger partial charge in [-0.3, -0.25) is 15.0 Å². The van der Waals surface area contributed by atoms with E-state index in [1.165, 1.54) is 65.0 Å². The highest BCUT2D eigenvalue weighted by Crippen LogP contribution is 2.39. The Morgan fingerprint density at radius 3 is 1.64 bits per heavy atom. The molecular formula is C36H61N3. The van der Waals surface area contributed by atoms with Gasteiger partial charge in [-0.05, 0) is 120 Å². The van der Waals surface area contributed by atoms with Crippen LogP contribution in [-0.4, -0.2) is 15.0 Å². The van der Waals surface area contributed by atoms with Crippen LogP contribution in [-0.2, 0) is 12.8 Å². The number of hydrogen-bond donors (Lipinski definition) is 0. The molecule has 1 fully saturated rings. The van der Waals surface area contributed by atoms with E-state index >= 15 is 0 Å². The Hall–Kier alpha value is -2.55. The normalized spacial score (nSPS) is 10.9. The molecule has 0 bridgehead atoms. The Morgan fingerprint density at radius 2 is 1.18 bits per heavy atom. The lowest BCUT2D eigenvalue weighted by Crippen LogP contribution is -1.94. The minimum absolute atomic E-state index is 0.786. The van der Waals surface area contributed by atoms with Crippen LogP contribution >= 0.6 is 0 Å². The second-order valence-corrected chi connectivity index (χ2v) is 9.46. The summed E-state index contributed by atoms with van der Waals surface area (Å²) >= 11 is 0. The van der Waals surface area contributed by atoms with E-state index < -0.39 is 0 Å². The summed E-state index contributed by atoms with van der Waals surface area (Å²) < 4.78 is 0. The summed E-state index contributed by atoms with van der Waals surface area (Å²) in [6.07, 6.45) is 9.14. The maximum Gasteiger partial charge on any atom is 0.0440 e. The van der Waals surface area contributed by atoms with E-state index in [2.05, 4.69) is 93.7 Å². The summed E-state index contributed by atoms with van der Waals surface area (Å²) in [6, 6.07) is 10.7. The second kappa shape index (κ2) is 23.3. The lowest BCUT2D eigenvalue weighted by molar-refractivity contribution is 0.867. The summed E-state index contributed by atoms with van der Waals surface area (Å²) in [4.78, 5) is 13.2. The summed E-state index contributed by atoms with van der Waals surface area (Å²) in [5.41, 5.74) is 11.5. The van der Waals surface area contributed by atoms with Crippen molar-refractivity contribution in [1.29, 1.82) is 0 Å². The second-order valence-electron chi connectivity index (χ2n) is 9.46. The Bertz CT molecular complexity index is 979. The molecule has 0 radical (unpaired) electrons. The van der Waals surface area contributed by atoms with Crippen LogP contribution in [0.1, 0.15) is 138 Å². The monoisotopic (exact) mass is 535 g/mol. The van der Waals surface area contributed by atoms with Crippen molar-refractivity contribution in [3.8, 4) is 0 Å². The first kappa shape index (κ1) is 38.6. The van der Waals surface area contributed by atoms with Gasteiger partial charge in [-0.1, -0.05) is 68.2 Å². The number of nitrogens with zero attached hydrogens (tertiary/aromatic N) is 3. The maximum absolute atomic E-state index is 4.50. The molecule has 39 heavy (non-hydrogen) atoms. The van der Waals surface area contributed by atoms with Crippen LogP contribution < -0.4 is 0 Å². The summed E-state index contributed by atoms with van der Waals surface area (Å²) in [6.45, 7) is 29.0. The molecule has 3 aromatic heterocycles. The maximum atomic E-state index is 4.50. The van der Waals surface area contributed by atoms with Crippen molar-refractivity contribution in [3.05, 3.63) is 87.3 Å². The minimum Gasteiger partial charge on any atom is -0.261 e.